The molecule has 0 spiro atoms. The maximum atomic E-state index is 10.8. The molecule has 2 unspecified atom stereocenters. The lowest BCUT2D eigenvalue weighted by atomic mass is 9.69. The van der Waals surface area contributed by atoms with E-state index in [0.717, 1.165) is 0 Å². The van der Waals surface area contributed by atoms with Crippen molar-refractivity contribution in [2.24, 2.45) is 11.3 Å². The van der Waals surface area contributed by atoms with Crippen LogP contribution in [0.3, 0.4) is 0 Å². The molecular formula is C11H14O6. The molecule has 4 N–H and O–H groups in total. The van der Waals surface area contributed by atoms with Crippen LogP contribution < -0.4 is 0 Å². The summed E-state index contributed by atoms with van der Waals surface area (Å²) in [6.45, 7) is 1.54. The van der Waals surface area contributed by atoms with Gasteiger partial charge in [-0.1, -0.05) is 13.0 Å². The minimum atomic E-state index is -1.17. The number of hydrogen-bond donors (Lipinski definition) is 4. The summed E-state index contributed by atoms with van der Waals surface area (Å²) in [7, 11) is 0. The Morgan fingerprint density at radius 1 is 1.29 bits per heavy atom. The molecule has 0 aromatic carbocycles. The molecule has 0 saturated heterocycles. The number of aliphatic carboxylic acids is 2. The van der Waals surface area contributed by atoms with E-state index in [0.29, 0.717) is 0 Å². The van der Waals surface area contributed by atoms with E-state index in [1.54, 1.807) is 0 Å². The monoisotopic (exact) mass is 242 g/mol. The highest BCUT2D eigenvalue weighted by Crippen LogP contribution is 2.42. The smallest absolute Gasteiger partial charge is 0.304 e. The van der Waals surface area contributed by atoms with Crippen molar-refractivity contribution in [1.29, 1.82) is 0 Å². The van der Waals surface area contributed by atoms with Crippen molar-refractivity contribution in [3.8, 4) is 0 Å². The molecule has 0 saturated carbocycles. The third-order valence-electron chi connectivity index (χ3n) is 2.92. The summed E-state index contributed by atoms with van der Waals surface area (Å²) in [6.07, 6.45) is 1.85. The third kappa shape index (κ3) is 2.77. The normalized spacial score (nSPS) is 28.2. The maximum Gasteiger partial charge on any atom is 0.304 e. The van der Waals surface area contributed by atoms with Crippen molar-refractivity contribution >= 4 is 11.9 Å². The first-order chi connectivity index (χ1) is 7.76. The van der Waals surface area contributed by atoms with Crippen molar-refractivity contribution in [1.82, 2.24) is 0 Å². The van der Waals surface area contributed by atoms with Gasteiger partial charge in [0.25, 0.3) is 0 Å². The van der Waals surface area contributed by atoms with Crippen LogP contribution in [0.15, 0.2) is 23.7 Å². The Bertz CT molecular complexity index is 408. The number of rotatable bonds is 4. The van der Waals surface area contributed by atoms with Gasteiger partial charge in [-0.05, 0) is 6.08 Å². The SMILES string of the molecule is CC1(CC(=O)O)C=CC(O)=C(O)C1CC(=O)O. The van der Waals surface area contributed by atoms with E-state index in [4.69, 9.17) is 10.2 Å². The molecule has 17 heavy (non-hydrogen) atoms. The van der Waals surface area contributed by atoms with Gasteiger partial charge in [-0.3, -0.25) is 9.59 Å². The van der Waals surface area contributed by atoms with Crippen LogP contribution in [0.25, 0.3) is 0 Å². The van der Waals surface area contributed by atoms with Crippen LogP contribution in [-0.4, -0.2) is 32.4 Å². The largest absolute Gasteiger partial charge is 0.508 e. The van der Waals surface area contributed by atoms with E-state index >= 15 is 0 Å². The highest BCUT2D eigenvalue weighted by molar-refractivity contribution is 5.70. The summed E-state index contributed by atoms with van der Waals surface area (Å²) in [5, 5.41) is 36.5. The second kappa shape index (κ2) is 4.48. The number of aliphatic hydroxyl groups is 2. The predicted octanol–water partition coefficient (Wildman–Crippen LogP) is 1.46. The summed E-state index contributed by atoms with van der Waals surface area (Å²) in [4.78, 5) is 21.5. The summed E-state index contributed by atoms with van der Waals surface area (Å²) < 4.78 is 0. The van der Waals surface area contributed by atoms with Crippen molar-refractivity contribution in [3.63, 3.8) is 0 Å². The molecule has 1 aliphatic carbocycles. The Morgan fingerprint density at radius 3 is 2.35 bits per heavy atom. The first-order valence-corrected chi connectivity index (χ1v) is 5.01. The van der Waals surface area contributed by atoms with Gasteiger partial charge in [-0.2, -0.15) is 0 Å². The minimum absolute atomic E-state index is 0.321. The zero-order valence-corrected chi connectivity index (χ0v) is 9.25. The van der Waals surface area contributed by atoms with Gasteiger partial charge in [0.15, 0.2) is 5.76 Å². The Hall–Kier alpha value is -1.98. The van der Waals surface area contributed by atoms with E-state index in [-0.39, 0.29) is 6.42 Å². The lowest BCUT2D eigenvalue weighted by Gasteiger charge is -2.35. The molecule has 0 aliphatic heterocycles. The van der Waals surface area contributed by atoms with Gasteiger partial charge in [-0.25, -0.2) is 0 Å². The van der Waals surface area contributed by atoms with Gasteiger partial charge in [0.2, 0.25) is 0 Å². The van der Waals surface area contributed by atoms with Crippen LogP contribution in [0, 0.1) is 11.3 Å². The van der Waals surface area contributed by atoms with E-state index in [1.807, 2.05) is 0 Å². The average Bonchev–Trinajstić information content (AvgIpc) is 2.18. The zero-order valence-electron chi connectivity index (χ0n) is 9.25. The zero-order chi connectivity index (χ0) is 13.2. The van der Waals surface area contributed by atoms with E-state index < -0.39 is 41.2 Å². The van der Waals surface area contributed by atoms with E-state index in [2.05, 4.69) is 0 Å². The second-order valence-electron chi connectivity index (χ2n) is 4.33. The summed E-state index contributed by atoms with van der Waals surface area (Å²) in [6, 6.07) is 0. The molecule has 0 fully saturated rings. The topological polar surface area (TPSA) is 115 Å². The summed E-state index contributed by atoms with van der Waals surface area (Å²) in [5.74, 6) is -4.10. The molecule has 2 atom stereocenters. The molecule has 0 radical (unpaired) electrons. The van der Waals surface area contributed by atoms with E-state index in [1.165, 1.54) is 19.1 Å². The number of carboxylic acid groups (broad SMARTS) is 2. The lowest BCUT2D eigenvalue weighted by molar-refractivity contribution is -0.143. The van der Waals surface area contributed by atoms with Gasteiger partial charge >= 0.3 is 11.9 Å². The number of carbonyl (C=O) groups is 2. The van der Waals surface area contributed by atoms with Gasteiger partial charge in [0.05, 0.1) is 12.8 Å². The third-order valence-corrected chi connectivity index (χ3v) is 2.92. The average molecular weight is 242 g/mol. The summed E-state index contributed by atoms with van der Waals surface area (Å²) in [5.41, 5.74) is -1.03. The fourth-order valence-corrected chi connectivity index (χ4v) is 1.97. The van der Waals surface area contributed by atoms with Gasteiger partial charge in [0, 0.05) is 11.3 Å². The van der Waals surface area contributed by atoms with Crippen molar-refractivity contribution in [3.05, 3.63) is 23.7 Å². The van der Waals surface area contributed by atoms with Gasteiger partial charge in [0.1, 0.15) is 5.76 Å². The number of hydrogen-bond acceptors (Lipinski definition) is 4. The molecule has 0 aromatic rings. The lowest BCUT2D eigenvalue weighted by Crippen LogP contribution is -2.34. The quantitative estimate of drug-likeness (QED) is 0.593. The molecule has 0 heterocycles. The van der Waals surface area contributed by atoms with Crippen LogP contribution in [0.4, 0.5) is 0 Å². The van der Waals surface area contributed by atoms with E-state index in [9.17, 15) is 19.8 Å². The van der Waals surface area contributed by atoms with Gasteiger partial charge < -0.3 is 20.4 Å². The highest BCUT2D eigenvalue weighted by atomic mass is 16.4. The maximum absolute atomic E-state index is 10.8. The molecule has 94 valence electrons. The number of carboxylic acids is 2. The van der Waals surface area contributed by atoms with Crippen LogP contribution >= 0.6 is 0 Å². The molecular weight excluding hydrogens is 228 g/mol. The minimum Gasteiger partial charge on any atom is -0.508 e. The molecule has 1 aliphatic rings. The van der Waals surface area contributed by atoms with Crippen molar-refractivity contribution in [2.75, 3.05) is 0 Å². The van der Waals surface area contributed by atoms with Crippen molar-refractivity contribution in [2.45, 2.75) is 19.8 Å². The van der Waals surface area contributed by atoms with Crippen LogP contribution in [0.1, 0.15) is 19.8 Å². The Morgan fingerprint density at radius 2 is 1.88 bits per heavy atom. The first-order valence-electron chi connectivity index (χ1n) is 5.01. The number of allylic oxidation sites excluding steroid dienone is 3. The molecule has 6 heteroatoms. The highest BCUT2D eigenvalue weighted by Gasteiger charge is 2.41. The fourth-order valence-electron chi connectivity index (χ4n) is 1.97. The van der Waals surface area contributed by atoms with Crippen molar-refractivity contribution < 1.29 is 30.0 Å². The standard InChI is InChI=1S/C11H14O6/c1-11(5-9(15)16)3-2-7(12)10(17)6(11)4-8(13)14/h2-3,6,12,17H,4-5H2,1H3,(H,13,14)(H,15,16). The summed E-state index contributed by atoms with van der Waals surface area (Å²) >= 11 is 0. The Labute approximate surface area is 97.5 Å². The fraction of sp³-hybridized carbons (Fsp3) is 0.455. The van der Waals surface area contributed by atoms with Gasteiger partial charge in [-0.15, -0.1) is 0 Å². The number of aliphatic hydroxyl groups excluding tert-OH is 2. The molecule has 0 bridgehead atoms. The second-order valence-corrected chi connectivity index (χ2v) is 4.33. The van der Waals surface area contributed by atoms with Crippen LogP contribution in [0.5, 0.6) is 0 Å². The van der Waals surface area contributed by atoms with Crippen LogP contribution in [0.2, 0.25) is 0 Å². The predicted molar refractivity (Wildman–Crippen MR) is 57.5 cm³/mol. The Kier molecular flexibility index (Phi) is 3.45. The molecule has 6 nitrogen and oxygen atoms in total. The first kappa shape index (κ1) is 13.1. The Balaban J connectivity index is 3.08. The molecule has 1 rings (SSSR count). The molecule has 0 aromatic heterocycles. The van der Waals surface area contributed by atoms with Crippen LogP contribution in [-0.2, 0) is 9.59 Å². The molecule has 0 amide bonds.